The molecule has 4 heteroatoms. The van der Waals surface area contributed by atoms with Crippen molar-refractivity contribution in [2.24, 2.45) is 0 Å². The van der Waals surface area contributed by atoms with Crippen LogP contribution in [0.4, 0.5) is 0 Å². The molecular formula is C11H14N2OS. The second-order valence-electron chi connectivity index (χ2n) is 2.66. The monoisotopic (exact) mass is 222 g/mol. The molecule has 2 rings (SSSR count). The average molecular weight is 222 g/mol. The summed E-state index contributed by atoms with van der Waals surface area (Å²) in [6.45, 7) is 6.00. The van der Waals surface area contributed by atoms with Gasteiger partial charge in [-0.3, -0.25) is 4.79 Å². The fourth-order valence-corrected chi connectivity index (χ4v) is 1.88. The van der Waals surface area contributed by atoms with Gasteiger partial charge in [0.1, 0.15) is 5.00 Å². The molecule has 0 aliphatic heterocycles. The molecule has 0 atom stereocenters. The van der Waals surface area contributed by atoms with Gasteiger partial charge in [-0.2, -0.15) is 9.78 Å². The number of aromatic nitrogens is 2. The first-order valence-electron chi connectivity index (χ1n) is 4.88. The fraction of sp³-hybridized carbons (Fsp3) is 0.273. The minimum atomic E-state index is -0.0932. The Hall–Kier alpha value is -1.42. The maximum atomic E-state index is 11.3. The Balaban J connectivity index is 0.000000531. The number of thiophene rings is 1. The standard InChI is InChI=1S/C9H8N2OS.C2H6/c1-7-4-5-9(13-7)11-8(12)3-2-6-10-11;1-2/h2-6H,1H3;1-2H3. The smallest absolute Gasteiger partial charge is 0.267 e. The summed E-state index contributed by atoms with van der Waals surface area (Å²) in [5, 5.41) is 4.84. The molecule has 0 aliphatic rings. The highest BCUT2D eigenvalue weighted by Crippen LogP contribution is 2.16. The molecule has 3 nitrogen and oxygen atoms in total. The quantitative estimate of drug-likeness (QED) is 0.743. The highest BCUT2D eigenvalue weighted by atomic mass is 32.1. The molecule has 0 unspecified atom stereocenters. The van der Waals surface area contributed by atoms with Gasteiger partial charge in [-0.15, -0.1) is 11.3 Å². The largest absolute Gasteiger partial charge is 0.272 e. The lowest BCUT2D eigenvalue weighted by molar-refractivity contribution is 0.820. The van der Waals surface area contributed by atoms with E-state index in [0.717, 1.165) is 5.00 Å². The van der Waals surface area contributed by atoms with Crippen molar-refractivity contribution in [3.05, 3.63) is 45.7 Å². The van der Waals surface area contributed by atoms with E-state index in [1.54, 1.807) is 23.6 Å². The van der Waals surface area contributed by atoms with E-state index in [4.69, 9.17) is 0 Å². The highest BCUT2D eigenvalue weighted by molar-refractivity contribution is 7.14. The predicted molar refractivity (Wildman–Crippen MR) is 63.8 cm³/mol. The molecule has 80 valence electrons. The minimum Gasteiger partial charge on any atom is -0.267 e. The summed E-state index contributed by atoms with van der Waals surface area (Å²) >= 11 is 1.56. The summed E-state index contributed by atoms with van der Waals surface area (Å²) in [5.74, 6) is 0. The third-order valence-corrected chi connectivity index (χ3v) is 2.63. The maximum absolute atomic E-state index is 11.3. The summed E-state index contributed by atoms with van der Waals surface area (Å²) in [6.07, 6.45) is 1.61. The number of aryl methyl sites for hydroxylation is 1. The average Bonchev–Trinajstić information content (AvgIpc) is 2.68. The molecule has 0 saturated heterocycles. The van der Waals surface area contributed by atoms with Crippen molar-refractivity contribution in [3.63, 3.8) is 0 Å². The second-order valence-corrected chi connectivity index (χ2v) is 3.92. The first-order chi connectivity index (χ1) is 7.27. The summed E-state index contributed by atoms with van der Waals surface area (Å²) in [6, 6.07) is 7.01. The first kappa shape index (κ1) is 11.7. The van der Waals surface area contributed by atoms with Gasteiger partial charge in [0.25, 0.3) is 5.56 Å². The van der Waals surface area contributed by atoms with Gasteiger partial charge < -0.3 is 0 Å². The summed E-state index contributed by atoms with van der Waals surface area (Å²) < 4.78 is 1.40. The summed E-state index contributed by atoms with van der Waals surface area (Å²) in [4.78, 5) is 12.5. The number of hydrogen-bond acceptors (Lipinski definition) is 3. The van der Waals surface area contributed by atoms with Crippen molar-refractivity contribution in [3.8, 4) is 5.00 Å². The molecule has 2 heterocycles. The van der Waals surface area contributed by atoms with E-state index < -0.39 is 0 Å². The summed E-state index contributed by atoms with van der Waals surface area (Å²) in [5.41, 5.74) is -0.0932. The van der Waals surface area contributed by atoms with Gasteiger partial charge in [0.2, 0.25) is 0 Å². The molecule has 0 fully saturated rings. The second kappa shape index (κ2) is 5.46. The third-order valence-electron chi connectivity index (χ3n) is 1.65. The van der Waals surface area contributed by atoms with Crippen LogP contribution in [-0.2, 0) is 0 Å². The van der Waals surface area contributed by atoms with Crippen LogP contribution in [0.5, 0.6) is 0 Å². The molecule has 0 amide bonds. The van der Waals surface area contributed by atoms with Gasteiger partial charge in [0.05, 0.1) is 0 Å². The molecule has 0 aromatic carbocycles. The Morgan fingerprint density at radius 2 is 2.00 bits per heavy atom. The molecule has 0 spiro atoms. The van der Waals surface area contributed by atoms with Crippen molar-refractivity contribution in [1.29, 1.82) is 0 Å². The third kappa shape index (κ3) is 2.76. The molecule has 15 heavy (non-hydrogen) atoms. The van der Waals surface area contributed by atoms with Gasteiger partial charge in [-0.05, 0) is 25.1 Å². The Kier molecular flexibility index (Phi) is 4.24. The normalized spacial score (nSPS) is 9.27. The van der Waals surface area contributed by atoms with E-state index in [9.17, 15) is 4.79 Å². The van der Waals surface area contributed by atoms with Crippen LogP contribution in [0.2, 0.25) is 0 Å². The van der Waals surface area contributed by atoms with E-state index in [1.807, 2.05) is 32.9 Å². The van der Waals surface area contributed by atoms with Crippen LogP contribution in [0, 0.1) is 6.92 Å². The van der Waals surface area contributed by atoms with Crippen LogP contribution >= 0.6 is 11.3 Å². The van der Waals surface area contributed by atoms with E-state index in [2.05, 4.69) is 5.10 Å². The van der Waals surface area contributed by atoms with Gasteiger partial charge in [-0.25, -0.2) is 0 Å². The topological polar surface area (TPSA) is 34.9 Å². The number of nitrogens with zero attached hydrogens (tertiary/aromatic N) is 2. The van der Waals surface area contributed by atoms with Crippen LogP contribution in [-0.4, -0.2) is 9.78 Å². The first-order valence-corrected chi connectivity index (χ1v) is 5.70. The van der Waals surface area contributed by atoms with Crippen molar-refractivity contribution in [1.82, 2.24) is 9.78 Å². The van der Waals surface area contributed by atoms with Crippen LogP contribution in [0.15, 0.2) is 35.3 Å². The van der Waals surface area contributed by atoms with Crippen LogP contribution in [0.25, 0.3) is 5.00 Å². The molecule has 0 bridgehead atoms. The SMILES string of the molecule is CC.Cc1ccc(-n2ncccc2=O)s1. The lowest BCUT2D eigenvalue weighted by Gasteiger charge is -1.97. The molecule has 0 aliphatic carbocycles. The van der Waals surface area contributed by atoms with E-state index in [-0.39, 0.29) is 5.56 Å². The molecule has 0 saturated carbocycles. The zero-order chi connectivity index (χ0) is 11.3. The molecule has 0 radical (unpaired) electrons. The number of rotatable bonds is 1. The highest BCUT2D eigenvalue weighted by Gasteiger charge is 2.01. The fourth-order valence-electron chi connectivity index (χ4n) is 1.06. The maximum Gasteiger partial charge on any atom is 0.272 e. The predicted octanol–water partition coefficient (Wildman–Crippen LogP) is 2.63. The van der Waals surface area contributed by atoms with Crippen molar-refractivity contribution in [2.75, 3.05) is 0 Å². The Morgan fingerprint density at radius 3 is 2.53 bits per heavy atom. The number of hydrogen-bond donors (Lipinski definition) is 0. The molecular weight excluding hydrogens is 208 g/mol. The minimum absolute atomic E-state index is 0.0932. The zero-order valence-electron chi connectivity index (χ0n) is 9.10. The van der Waals surface area contributed by atoms with Crippen molar-refractivity contribution in [2.45, 2.75) is 20.8 Å². The lowest BCUT2D eigenvalue weighted by Crippen LogP contribution is -2.17. The van der Waals surface area contributed by atoms with E-state index in [1.165, 1.54) is 15.6 Å². The van der Waals surface area contributed by atoms with E-state index in [0.29, 0.717) is 0 Å². The van der Waals surface area contributed by atoms with Crippen LogP contribution < -0.4 is 5.56 Å². The van der Waals surface area contributed by atoms with Gasteiger partial charge in [0.15, 0.2) is 0 Å². The van der Waals surface area contributed by atoms with Crippen molar-refractivity contribution < 1.29 is 0 Å². The van der Waals surface area contributed by atoms with Crippen molar-refractivity contribution >= 4 is 11.3 Å². The van der Waals surface area contributed by atoms with E-state index >= 15 is 0 Å². The van der Waals surface area contributed by atoms with Gasteiger partial charge in [0, 0.05) is 17.1 Å². The lowest BCUT2D eigenvalue weighted by atomic mass is 10.5. The molecule has 2 aromatic heterocycles. The van der Waals surface area contributed by atoms with Gasteiger partial charge in [-0.1, -0.05) is 13.8 Å². The molecule has 2 aromatic rings. The zero-order valence-corrected chi connectivity index (χ0v) is 9.91. The molecule has 0 N–H and O–H groups in total. The Morgan fingerprint density at radius 1 is 1.27 bits per heavy atom. The Bertz CT molecular complexity index is 473. The summed E-state index contributed by atoms with van der Waals surface area (Å²) in [7, 11) is 0. The van der Waals surface area contributed by atoms with Crippen LogP contribution in [0.3, 0.4) is 0 Å². The Labute approximate surface area is 93.0 Å². The van der Waals surface area contributed by atoms with Crippen LogP contribution in [0.1, 0.15) is 18.7 Å². The van der Waals surface area contributed by atoms with Gasteiger partial charge >= 0.3 is 0 Å².